The monoisotopic (exact) mass is 374 g/mol. The normalized spacial score (nSPS) is 11.3. The number of hydrogen-bond acceptors (Lipinski definition) is 4. The minimum absolute atomic E-state index is 0.0198. The predicted octanol–water partition coefficient (Wildman–Crippen LogP) is 4.82. The van der Waals surface area contributed by atoms with E-state index in [9.17, 15) is 22.8 Å². The number of anilines is 1. The van der Waals surface area contributed by atoms with Gasteiger partial charge in [0.25, 0.3) is 5.91 Å². The maximum Gasteiger partial charge on any atom is 0.416 e. The summed E-state index contributed by atoms with van der Waals surface area (Å²) in [5, 5.41) is 2.58. The SMILES string of the molecule is CC(=O)c1cccc(NC(=O)c2coc(-c3ccc(C(F)(F)F)cc3)n2)c1. The van der Waals surface area contributed by atoms with Gasteiger partial charge < -0.3 is 9.73 Å². The second-order valence-corrected chi connectivity index (χ2v) is 5.70. The third-order valence-corrected chi connectivity index (χ3v) is 3.72. The van der Waals surface area contributed by atoms with Gasteiger partial charge in [-0.05, 0) is 43.3 Å². The average Bonchev–Trinajstić information content (AvgIpc) is 3.11. The number of aromatic nitrogens is 1. The van der Waals surface area contributed by atoms with E-state index in [-0.39, 0.29) is 17.4 Å². The summed E-state index contributed by atoms with van der Waals surface area (Å²) < 4.78 is 43.0. The van der Waals surface area contributed by atoms with E-state index < -0.39 is 17.6 Å². The Hall–Kier alpha value is -3.42. The molecule has 0 aliphatic carbocycles. The number of nitrogens with one attached hydrogen (secondary N) is 1. The van der Waals surface area contributed by atoms with Crippen molar-refractivity contribution in [2.75, 3.05) is 5.32 Å². The molecule has 0 spiro atoms. The Kier molecular flexibility index (Phi) is 4.81. The fourth-order valence-corrected chi connectivity index (χ4v) is 2.32. The van der Waals surface area contributed by atoms with Crippen LogP contribution in [-0.2, 0) is 6.18 Å². The van der Waals surface area contributed by atoms with Crippen molar-refractivity contribution in [3.8, 4) is 11.5 Å². The summed E-state index contributed by atoms with van der Waals surface area (Å²) in [6.45, 7) is 1.41. The van der Waals surface area contributed by atoms with Crippen LogP contribution in [0.4, 0.5) is 18.9 Å². The Labute approximate surface area is 151 Å². The average molecular weight is 374 g/mol. The number of amides is 1. The molecule has 3 aromatic rings. The number of nitrogens with zero attached hydrogens (tertiary/aromatic N) is 1. The summed E-state index contributed by atoms with van der Waals surface area (Å²) in [5.74, 6) is -0.693. The lowest BCUT2D eigenvalue weighted by atomic mass is 10.1. The zero-order valence-electron chi connectivity index (χ0n) is 14.0. The highest BCUT2D eigenvalue weighted by Gasteiger charge is 2.30. The zero-order valence-corrected chi connectivity index (χ0v) is 14.0. The van der Waals surface area contributed by atoms with E-state index in [2.05, 4.69) is 10.3 Å². The molecule has 0 unspecified atom stereocenters. The van der Waals surface area contributed by atoms with E-state index in [1.165, 1.54) is 25.1 Å². The van der Waals surface area contributed by atoms with Gasteiger partial charge in [0.15, 0.2) is 11.5 Å². The lowest BCUT2D eigenvalue weighted by Gasteiger charge is -2.06. The molecule has 1 amide bonds. The molecule has 1 heterocycles. The molecule has 2 aromatic carbocycles. The lowest BCUT2D eigenvalue weighted by molar-refractivity contribution is -0.137. The van der Waals surface area contributed by atoms with Crippen molar-refractivity contribution in [3.63, 3.8) is 0 Å². The van der Waals surface area contributed by atoms with Gasteiger partial charge in [-0.15, -0.1) is 0 Å². The van der Waals surface area contributed by atoms with E-state index in [1.54, 1.807) is 18.2 Å². The van der Waals surface area contributed by atoms with E-state index in [1.807, 2.05) is 0 Å². The second-order valence-electron chi connectivity index (χ2n) is 5.70. The minimum atomic E-state index is -4.44. The minimum Gasteiger partial charge on any atom is -0.444 e. The topological polar surface area (TPSA) is 72.2 Å². The highest BCUT2D eigenvalue weighted by molar-refractivity contribution is 6.04. The number of Topliss-reactive ketones (excluding diaryl/α,β-unsaturated/α-hetero) is 1. The molecule has 138 valence electrons. The first-order chi connectivity index (χ1) is 12.7. The Morgan fingerprint density at radius 2 is 1.78 bits per heavy atom. The fraction of sp³-hybridized carbons (Fsp3) is 0.105. The number of rotatable bonds is 4. The van der Waals surface area contributed by atoms with Gasteiger partial charge >= 0.3 is 6.18 Å². The van der Waals surface area contributed by atoms with Crippen LogP contribution in [0.5, 0.6) is 0 Å². The van der Waals surface area contributed by atoms with E-state index in [0.29, 0.717) is 16.8 Å². The largest absolute Gasteiger partial charge is 0.444 e. The van der Waals surface area contributed by atoms with Crippen LogP contribution in [0.25, 0.3) is 11.5 Å². The van der Waals surface area contributed by atoms with Gasteiger partial charge in [0.2, 0.25) is 5.89 Å². The Bertz CT molecular complexity index is 992. The molecule has 27 heavy (non-hydrogen) atoms. The van der Waals surface area contributed by atoms with Crippen LogP contribution in [0.3, 0.4) is 0 Å². The first-order valence-corrected chi connectivity index (χ1v) is 7.79. The molecule has 8 heteroatoms. The standard InChI is InChI=1S/C19H13F3N2O3/c1-11(25)13-3-2-4-15(9-13)23-17(26)16-10-27-18(24-16)12-5-7-14(8-6-12)19(20,21)22/h2-10H,1H3,(H,23,26). The number of ketones is 1. The summed E-state index contributed by atoms with van der Waals surface area (Å²) in [7, 11) is 0. The van der Waals surface area contributed by atoms with Gasteiger partial charge in [0, 0.05) is 16.8 Å². The number of alkyl halides is 3. The molecule has 0 aliphatic rings. The van der Waals surface area contributed by atoms with Crippen LogP contribution < -0.4 is 5.32 Å². The van der Waals surface area contributed by atoms with Crippen molar-refractivity contribution in [1.82, 2.24) is 4.98 Å². The number of halogens is 3. The van der Waals surface area contributed by atoms with Crippen LogP contribution >= 0.6 is 0 Å². The number of carbonyl (C=O) groups excluding carboxylic acids is 2. The van der Waals surface area contributed by atoms with Crippen molar-refractivity contribution in [1.29, 1.82) is 0 Å². The molecule has 0 bridgehead atoms. The molecule has 1 aromatic heterocycles. The molecular formula is C19H13F3N2O3. The molecular weight excluding hydrogens is 361 g/mol. The third kappa shape index (κ3) is 4.22. The van der Waals surface area contributed by atoms with Gasteiger partial charge in [-0.25, -0.2) is 4.98 Å². The van der Waals surface area contributed by atoms with Crippen LogP contribution in [-0.4, -0.2) is 16.7 Å². The lowest BCUT2D eigenvalue weighted by Crippen LogP contribution is -2.12. The number of hydrogen-bond donors (Lipinski definition) is 1. The van der Waals surface area contributed by atoms with Gasteiger partial charge in [0.1, 0.15) is 6.26 Å². The van der Waals surface area contributed by atoms with Gasteiger partial charge in [-0.2, -0.15) is 13.2 Å². The molecule has 0 atom stereocenters. The summed E-state index contributed by atoms with van der Waals surface area (Å²) >= 11 is 0. The highest BCUT2D eigenvalue weighted by Crippen LogP contribution is 2.30. The summed E-state index contributed by atoms with van der Waals surface area (Å²) in [5.41, 5.74) is 0.324. The molecule has 0 radical (unpaired) electrons. The Balaban J connectivity index is 1.76. The van der Waals surface area contributed by atoms with Crippen molar-refractivity contribution in [2.24, 2.45) is 0 Å². The maximum atomic E-state index is 12.6. The molecule has 1 N–H and O–H groups in total. The Morgan fingerprint density at radius 3 is 2.41 bits per heavy atom. The van der Waals surface area contributed by atoms with E-state index in [0.717, 1.165) is 18.4 Å². The molecule has 3 rings (SSSR count). The smallest absolute Gasteiger partial charge is 0.416 e. The number of oxazole rings is 1. The summed E-state index contributed by atoms with van der Waals surface area (Å²) in [6, 6.07) is 10.6. The molecule has 0 saturated carbocycles. The molecule has 0 aliphatic heterocycles. The molecule has 5 nitrogen and oxygen atoms in total. The Morgan fingerprint density at radius 1 is 1.07 bits per heavy atom. The predicted molar refractivity (Wildman–Crippen MR) is 91.3 cm³/mol. The van der Waals surface area contributed by atoms with Crippen molar-refractivity contribution in [2.45, 2.75) is 13.1 Å². The second kappa shape index (κ2) is 7.06. The van der Waals surface area contributed by atoms with Crippen LogP contribution in [0, 0.1) is 0 Å². The van der Waals surface area contributed by atoms with Crippen LogP contribution in [0.15, 0.2) is 59.2 Å². The van der Waals surface area contributed by atoms with Gasteiger partial charge in [-0.1, -0.05) is 12.1 Å². The first kappa shape index (κ1) is 18.4. The number of benzene rings is 2. The summed E-state index contributed by atoms with van der Waals surface area (Å²) in [6.07, 6.45) is -3.33. The van der Waals surface area contributed by atoms with Crippen LogP contribution in [0.1, 0.15) is 33.3 Å². The van der Waals surface area contributed by atoms with Gasteiger partial charge in [0.05, 0.1) is 5.56 Å². The van der Waals surface area contributed by atoms with E-state index in [4.69, 9.17) is 4.42 Å². The fourth-order valence-electron chi connectivity index (χ4n) is 2.32. The first-order valence-electron chi connectivity index (χ1n) is 7.79. The van der Waals surface area contributed by atoms with E-state index >= 15 is 0 Å². The molecule has 0 saturated heterocycles. The highest BCUT2D eigenvalue weighted by atomic mass is 19.4. The number of carbonyl (C=O) groups is 2. The maximum absolute atomic E-state index is 12.6. The van der Waals surface area contributed by atoms with Gasteiger partial charge in [-0.3, -0.25) is 9.59 Å². The third-order valence-electron chi connectivity index (χ3n) is 3.72. The summed E-state index contributed by atoms with van der Waals surface area (Å²) in [4.78, 5) is 27.6. The van der Waals surface area contributed by atoms with Crippen molar-refractivity contribution >= 4 is 17.4 Å². The quantitative estimate of drug-likeness (QED) is 0.665. The van der Waals surface area contributed by atoms with Crippen LogP contribution in [0.2, 0.25) is 0 Å². The van der Waals surface area contributed by atoms with Crippen molar-refractivity contribution in [3.05, 3.63) is 71.6 Å². The molecule has 0 fully saturated rings. The van der Waals surface area contributed by atoms with Crippen molar-refractivity contribution < 1.29 is 27.2 Å². The zero-order chi connectivity index (χ0) is 19.6.